The van der Waals surface area contributed by atoms with Gasteiger partial charge in [-0.25, -0.2) is 15.0 Å². The lowest BCUT2D eigenvalue weighted by Crippen LogP contribution is -2.44. The summed E-state index contributed by atoms with van der Waals surface area (Å²) in [6.45, 7) is 8.58. The van der Waals surface area contributed by atoms with E-state index in [1.807, 2.05) is 6.07 Å². The minimum atomic E-state index is -3.98. The molecule has 0 saturated heterocycles. The zero-order chi connectivity index (χ0) is 32.4. The van der Waals surface area contributed by atoms with Crippen LogP contribution in [0.4, 0.5) is 4.79 Å². The number of carbonyl (C=O) groups excluding carboxylic acids is 5. The lowest BCUT2D eigenvalue weighted by atomic mass is 10.1. The number of ether oxygens (including phenoxy) is 6. The molecule has 0 aliphatic rings. The van der Waals surface area contributed by atoms with Crippen LogP contribution >= 0.6 is 7.44 Å². The third-order valence-electron chi connectivity index (χ3n) is 5.54. The predicted octanol–water partition coefficient (Wildman–Crippen LogP) is 3.46. The fourth-order valence-electron chi connectivity index (χ4n) is 3.58. The Morgan fingerprint density at radius 2 is 1.33 bits per heavy atom. The zero-order valence-corrected chi connectivity index (χ0v) is 26.4. The van der Waals surface area contributed by atoms with Crippen molar-refractivity contribution in [2.45, 2.75) is 79.2 Å². The second-order valence-electron chi connectivity index (χ2n) is 9.65. The van der Waals surface area contributed by atoms with E-state index in [0.717, 1.165) is 5.56 Å². The van der Waals surface area contributed by atoms with Crippen LogP contribution in [0.2, 0.25) is 0 Å². The number of esters is 4. The Morgan fingerprint density at radius 1 is 0.767 bits per heavy atom. The van der Waals surface area contributed by atoms with Crippen molar-refractivity contribution in [3.05, 3.63) is 35.9 Å². The lowest BCUT2D eigenvalue weighted by molar-refractivity contribution is -0.158. The van der Waals surface area contributed by atoms with E-state index in [0.29, 0.717) is 0 Å². The number of nitrogens with one attached hydrogen (secondary N) is 2. The number of rotatable bonds is 19. The normalized spacial score (nSPS) is 13.3. The summed E-state index contributed by atoms with van der Waals surface area (Å²) in [5.74, 6) is -4.25. The van der Waals surface area contributed by atoms with Crippen molar-refractivity contribution >= 4 is 37.5 Å². The molecule has 15 heteroatoms. The van der Waals surface area contributed by atoms with Gasteiger partial charge in [0.1, 0.15) is 18.7 Å². The molecular weight excluding hydrogens is 587 g/mol. The number of hydrogen-bond donors (Lipinski definition) is 2. The summed E-state index contributed by atoms with van der Waals surface area (Å²) in [5.41, 5.74) is 0.760. The van der Waals surface area contributed by atoms with E-state index >= 15 is 0 Å². The van der Waals surface area contributed by atoms with Crippen LogP contribution in [0.3, 0.4) is 0 Å². The van der Waals surface area contributed by atoms with Crippen molar-refractivity contribution in [3.8, 4) is 0 Å². The first-order chi connectivity index (χ1) is 20.3. The highest BCUT2D eigenvalue weighted by molar-refractivity contribution is 7.60. The first-order valence-electron chi connectivity index (χ1n) is 14.0. The molecule has 2 N–H and O–H groups in total. The molecule has 43 heavy (non-hydrogen) atoms. The molecule has 0 spiro atoms. The van der Waals surface area contributed by atoms with E-state index in [2.05, 4.69) is 10.2 Å². The summed E-state index contributed by atoms with van der Waals surface area (Å²) in [6.07, 6.45) is -2.48. The van der Waals surface area contributed by atoms with Crippen molar-refractivity contribution in [3.63, 3.8) is 0 Å². The molecule has 0 aromatic heterocycles. The average molecular weight is 631 g/mol. The maximum atomic E-state index is 14.2. The number of carbonyl (C=O) groups is 5. The van der Waals surface area contributed by atoms with Gasteiger partial charge in [-0.1, -0.05) is 30.3 Å². The molecule has 1 rings (SSSR count). The molecule has 0 fully saturated rings. The molecule has 242 valence electrons. The Morgan fingerprint density at radius 3 is 1.84 bits per heavy atom. The maximum Gasteiger partial charge on any atom is 0.511 e. The second kappa shape index (κ2) is 19.7. The highest BCUT2D eigenvalue weighted by Crippen LogP contribution is 2.41. The van der Waals surface area contributed by atoms with E-state index in [1.54, 1.807) is 52.0 Å². The average Bonchev–Trinajstić information content (AvgIpc) is 2.94. The first kappa shape index (κ1) is 37.5. The Hall–Kier alpha value is -3.48. The Kier molecular flexibility index (Phi) is 17.2. The zero-order valence-electron chi connectivity index (χ0n) is 25.5. The fraction of sp³-hybridized carbons (Fsp3) is 0.607. The molecule has 0 aliphatic heterocycles. The quantitative estimate of drug-likeness (QED) is 0.0981. The standard InChI is InChI=1S/C28H43N2O12P/c1-7-37-25(32)20(5)29-43(36,30-21(6)26(33)38-8-2)17-23(27(34)40-18-41-28(35)42-19(3)4)14-15-24(31)39-16-22-12-10-9-11-13-22/h9-13,19-21,23H,7-8,14-18H2,1-6H3,(H2,29,30,36)/t20-,21-,23?/m0/s1. The minimum absolute atomic E-state index is 0.0102. The van der Waals surface area contributed by atoms with Crippen molar-refractivity contribution in [1.82, 2.24) is 10.2 Å². The monoisotopic (exact) mass is 630 g/mol. The van der Waals surface area contributed by atoms with Gasteiger partial charge in [0.2, 0.25) is 14.2 Å². The van der Waals surface area contributed by atoms with Crippen LogP contribution in [0.1, 0.15) is 59.9 Å². The van der Waals surface area contributed by atoms with Gasteiger partial charge in [-0.05, 0) is 53.5 Å². The van der Waals surface area contributed by atoms with E-state index in [4.69, 9.17) is 28.4 Å². The summed E-state index contributed by atoms with van der Waals surface area (Å²) >= 11 is 0. The van der Waals surface area contributed by atoms with Crippen molar-refractivity contribution in [1.29, 1.82) is 0 Å². The van der Waals surface area contributed by atoms with Gasteiger partial charge in [-0.3, -0.25) is 23.7 Å². The molecule has 0 heterocycles. The predicted molar refractivity (Wildman–Crippen MR) is 154 cm³/mol. The van der Waals surface area contributed by atoms with Gasteiger partial charge >= 0.3 is 30.0 Å². The molecule has 3 atom stereocenters. The van der Waals surface area contributed by atoms with Crippen LogP contribution in [-0.4, -0.2) is 74.4 Å². The second-order valence-corrected chi connectivity index (χ2v) is 12.0. The van der Waals surface area contributed by atoms with E-state index in [9.17, 15) is 28.5 Å². The molecule has 0 bridgehead atoms. The smallest absolute Gasteiger partial charge is 0.465 e. The number of benzene rings is 1. The Balaban J connectivity index is 3.13. The van der Waals surface area contributed by atoms with Crippen LogP contribution in [0.15, 0.2) is 30.3 Å². The van der Waals surface area contributed by atoms with Crippen LogP contribution in [0, 0.1) is 5.92 Å². The van der Waals surface area contributed by atoms with Crippen LogP contribution in [-0.2, 0) is 58.8 Å². The van der Waals surface area contributed by atoms with Gasteiger partial charge in [-0.15, -0.1) is 0 Å². The first-order valence-corrected chi connectivity index (χ1v) is 15.9. The Bertz CT molecular complexity index is 1070. The van der Waals surface area contributed by atoms with E-state index in [1.165, 1.54) is 13.8 Å². The SMILES string of the molecule is CCOC(=O)[C@H](C)NP(=O)(CC(CCC(=O)OCc1ccccc1)C(=O)OCOC(=O)OC(C)C)N[C@@H](C)C(=O)OCC. The fourth-order valence-corrected chi connectivity index (χ4v) is 6.28. The van der Waals surface area contributed by atoms with E-state index < -0.39 is 74.5 Å². The molecule has 0 saturated carbocycles. The minimum Gasteiger partial charge on any atom is -0.465 e. The maximum absolute atomic E-state index is 14.2. The largest absolute Gasteiger partial charge is 0.511 e. The molecule has 0 aliphatic carbocycles. The molecule has 1 aromatic carbocycles. The van der Waals surface area contributed by atoms with Gasteiger partial charge in [0, 0.05) is 12.6 Å². The van der Waals surface area contributed by atoms with Gasteiger partial charge in [-0.2, -0.15) is 0 Å². The molecular formula is C28H43N2O12P. The summed E-state index contributed by atoms with van der Waals surface area (Å²) in [5, 5.41) is 5.31. The number of hydrogen-bond acceptors (Lipinski definition) is 12. The van der Waals surface area contributed by atoms with Gasteiger partial charge < -0.3 is 28.4 Å². The molecule has 0 amide bonds. The lowest BCUT2D eigenvalue weighted by Gasteiger charge is -2.28. The Labute approximate surface area is 251 Å². The molecule has 0 radical (unpaired) electrons. The topological polar surface area (TPSA) is 182 Å². The highest BCUT2D eigenvalue weighted by Gasteiger charge is 2.37. The van der Waals surface area contributed by atoms with Gasteiger partial charge in [0.25, 0.3) is 0 Å². The summed E-state index contributed by atoms with van der Waals surface area (Å²) in [7, 11) is -3.98. The summed E-state index contributed by atoms with van der Waals surface area (Å²) in [6, 6.07) is 6.76. The van der Waals surface area contributed by atoms with Crippen LogP contribution < -0.4 is 10.2 Å². The molecule has 1 unspecified atom stereocenters. The molecule has 1 aromatic rings. The molecule has 14 nitrogen and oxygen atoms in total. The highest BCUT2D eigenvalue weighted by atomic mass is 31.2. The third kappa shape index (κ3) is 15.5. The van der Waals surface area contributed by atoms with Gasteiger partial charge in [0.05, 0.1) is 25.2 Å². The summed E-state index contributed by atoms with van der Waals surface area (Å²) < 4.78 is 44.0. The van der Waals surface area contributed by atoms with Gasteiger partial charge in [0.15, 0.2) is 0 Å². The van der Waals surface area contributed by atoms with Crippen LogP contribution in [0.5, 0.6) is 0 Å². The summed E-state index contributed by atoms with van der Waals surface area (Å²) in [4.78, 5) is 61.9. The third-order valence-corrected chi connectivity index (χ3v) is 8.11. The van der Waals surface area contributed by atoms with Crippen molar-refractivity contribution in [2.24, 2.45) is 5.92 Å². The van der Waals surface area contributed by atoms with Crippen molar-refractivity contribution in [2.75, 3.05) is 26.2 Å². The van der Waals surface area contributed by atoms with E-state index in [-0.39, 0.29) is 32.7 Å². The van der Waals surface area contributed by atoms with Crippen LogP contribution in [0.25, 0.3) is 0 Å². The van der Waals surface area contributed by atoms with Crippen molar-refractivity contribution < 1.29 is 57.0 Å².